The molecule has 1 saturated carbocycles. The number of carbonyl (C=O) groups excluding carboxylic acids is 1. The minimum absolute atomic E-state index is 0.0373. The number of hydrogen-bond donors (Lipinski definition) is 0. The third-order valence-electron chi connectivity index (χ3n) is 5.44. The summed E-state index contributed by atoms with van der Waals surface area (Å²) in [6, 6.07) is 6.98. The van der Waals surface area contributed by atoms with Crippen LogP contribution in [-0.2, 0) is 14.8 Å². The molecule has 5 nitrogen and oxygen atoms in total. The quantitative estimate of drug-likeness (QED) is 0.733. The molecule has 0 unspecified atom stereocenters. The van der Waals surface area contributed by atoms with Crippen LogP contribution in [0.2, 0.25) is 0 Å². The van der Waals surface area contributed by atoms with E-state index >= 15 is 0 Å². The zero-order valence-corrected chi connectivity index (χ0v) is 16.7. The fraction of sp³-hybridized carbons (Fsp3) is 0.650. The summed E-state index contributed by atoms with van der Waals surface area (Å²) >= 11 is 0. The molecule has 0 spiro atoms. The average Bonchev–Trinajstić information content (AvgIpc) is 3.45. The van der Waals surface area contributed by atoms with Gasteiger partial charge in [-0.2, -0.15) is 4.31 Å². The van der Waals surface area contributed by atoms with Crippen molar-refractivity contribution in [1.29, 1.82) is 0 Å². The number of nitrogens with zero attached hydrogens (tertiary/aromatic N) is 2. The van der Waals surface area contributed by atoms with Crippen molar-refractivity contribution in [3.63, 3.8) is 0 Å². The highest BCUT2D eigenvalue weighted by Gasteiger charge is 2.35. The van der Waals surface area contributed by atoms with Crippen molar-refractivity contribution in [2.75, 3.05) is 26.2 Å². The van der Waals surface area contributed by atoms with E-state index in [0.29, 0.717) is 36.7 Å². The molecule has 1 aliphatic carbocycles. The molecular weight excluding hydrogens is 348 g/mol. The Morgan fingerprint density at radius 3 is 2.27 bits per heavy atom. The van der Waals surface area contributed by atoms with Gasteiger partial charge in [0.05, 0.1) is 4.90 Å². The molecule has 144 valence electrons. The molecule has 1 amide bonds. The molecule has 1 saturated heterocycles. The van der Waals surface area contributed by atoms with Crippen LogP contribution in [0.15, 0.2) is 29.2 Å². The summed E-state index contributed by atoms with van der Waals surface area (Å²) in [5, 5.41) is 0. The van der Waals surface area contributed by atoms with Gasteiger partial charge in [0, 0.05) is 32.1 Å². The first kappa shape index (κ1) is 19.4. The summed E-state index contributed by atoms with van der Waals surface area (Å²) < 4.78 is 27.1. The summed E-state index contributed by atoms with van der Waals surface area (Å²) in [6.45, 7) is 6.60. The Morgan fingerprint density at radius 2 is 1.73 bits per heavy atom. The lowest BCUT2D eigenvalue weighted by Crippen LogP contribution is -2.45. The second-order valence-electron chi connectivity index (χ2n) is 7.72. The molecule has 0 N–H and O–H groups in total. The van der Waals surface area contributed by atoms with Crippen LogP contribution in [0, 0.1) is 18.8 Å². The third kappa shape index (κ3) is 4.46. The van der Waals surface area contributed by atoms with Gasteiger partial charge < -0.3 is 4.90 Å². The standard InChI is InChI=1S/C20H30N2O3S/c1-3-12-21(15-17-6-7-17)20(23)18-10-13-22(14-11-18)26(24,25)19-8-4-16(2)5-9-19/h4-5,8-9,17-18H,3,6-7,10-15H2,1-2H3. The Kier molecular flexibility index (Phi) is 6.03. The van der Waals surface area contributed by atoms with E-state index in [-0.39, 0.29) is 11.8 Å². The molecule has 0 atom stereocenters. The fourth-order valence-corrected chi connectivity index (χ4v) is 5.10. The molecule has 0 aromatic heterocycles. The van der Waals surface area contributed by atoms with E-state index in [9.17, 15) is 13.2 Å². The lowest BCUT2D eigenvalue weighted by molar-refractivity contribution is -0.137. The van der Waals surface area contributed by atoms with Gasteiger partial charge in [-0.15, -0.1) is 0 Å². The highest BCUT2D eigenvalue weighted by atomic mass is 32.2. The smallest absolute Gasteiger partial charge is 0.243 e. The molecule has 26 heavy (non-hydrogen) atoms. The summed E-state index contributed by atoms with van der Waals surface area (Å²) in [7, 11) is -3.46. The number of rotatable bonds is 7. The zero-order valence-electron chi connectivity index (χ0n) is 15.9. The zero-order chi connectivity index (χ0) is 18.7. The lowest BCUT2D eigenvalue weighted by Gasteiger charge is -2.33. The maximum absolute atomic E-state index is 12.9. The Morgan fingerprint density at radius 1 is 1.12 bits per heavy atom. The number of sulfonamides is 1. The van der Waals surface area contributed by atoms with E-state index < -0.39 is 10.0 Å². The van der Waals surface area contributed by atoms with Crippen molar-refractivity contribution in [3.05, 3.63) is 29.8 Å². The predicted octanol–water partition coefficient (Wildman–Crippen LogP) is 3.04. The van der Waals surface area contributed by atoms with Gasteiger partial charge in [0.15, 0.2) is 0 Å². The number of aryl methyl sites for hydroxylation is 1. The van der Waals surface area contributed by atoms with Gasteiger partial charge >= 0.3 is 0 Å². The predicted molar refractivity (Wildman–Crippen MR) is 102 cm³/mol. The molecular formula is C20H30N2O3S. The van der Waals surface area contributed by atoms with Gasteiger partial charge in [-0.05, 0) is 57.1 Å². The van der Waals surface area contributed by atoms with Gasteiger partial charge in [-0.1, -0.05) is 24.6 Å². The SMILES string of the molecule is CCCN(CC1CC1)C(=O)C1CCN(S(=O)(=O)c2ccc(C)cc2)CC1. The van der Waals surface area contributed by atoms with Crippen LogP contribution < -0.4 is 0 Å². The third-order valence-corrected chi connectivity index (χ3v) is 7.36. The van der Waals surface area contributed by atoms with Crippen LogP contribution in [0.4, 0.5) is 0 Å². The average molecular weight is 379 g/mol. The summed E-state index contributed by atoms with van der Waals surface area (Å²) in [5.74, 6) is 0.878. The van der Waals surface area contributed by atoms with Crippen molar-refractivity contribution in [2.45, 2.75) is 50.8 Å². The first-order chi connectivity index (χ1) is 12.4. The van der Waals surface area contributed by atoms with Gasteiger partial charge in [0.2, 0.25) is 15.9 Å². The summed E-state index contributed by atoms with van der Waals surface area (Å²) in [5.41, 5.74) is 1.04. The number of hydrogen-bond acceptors (Lipinski definition) is 3. The Labute approximate surface area is 157 Å². The number of piperidine rings is 1. The Bertz CT molecular complexity index is 718. The van der Waals surface area contributed by atoms with E-state index in [1.807, 2.05) is 24.0 Å². The lowest BCUT2D eigenvalue weighted by atomic mass is 9.96. The number of carbonyl (C=O) groups is 1. The van der Waals surface area contributed by atoms with E-state index in [1.54, 1.807) is 12.1 Å². The largest absolute Gasteiger partial charge is 0.342 e. The molecule has 0 bridgehead atoms. The van der Waals surface area contributed by atoms with Crippen LogP contribution in [0.5, 0.6) is 0 Å². The van der Waals surface area contributed by atoms with Crippen molar-refractivity contribution >= 4 is 15.9 Å². The van der Waals surface area contributed by atoms with Gasteiger partial charge in [0.25, 0.3) is 0 Å². The van der Waals surface area contributed by atoms with Gasteiger partial charge in [-0.3, -0.25) is 4.79 Å². The molecule has 1 aromatic carbocycles. The maximum Gasteiger partial charge on any atom is 0.243 e. The van der Waals surface area contributed by atoms with Crippen molar-refractivity contribution in [3.8, 4) is 0 Å². The minimum Gasteiger partial charge on any atom is -0.342 e. The molecule has 6 heteroatoms. The molecule has 1 aliphatic heterocycles. The summed E-state index contributed by atoms with van der Waals surface area (Å²) in [6.07, 6.45) is 4.68. The molecule has 3 rings (SSSR count). The van der Waals surface area contributed by atoms with Crippen molar-refractivity contribution in [2.24, 2.45) is 11.8 Å². The highest BCUT2D eigenvalue weighted by Crippen LogP contribution is 2.31. The molecule has 0 radical (unpaired) electrons. The van der Waals surface area contributed by atoms with Crippen molar-refractivity contribution < 1.29 is 13.2 Å². The first-order valence-corrected chi connectivity index (χ1v) is 11.2. The molecule has 1 aromatic rings. The molecule has 2 fully saturated rings. The monoisotopic (exact) mass is 378 g/mol. The van der Waals surface area contributed by atoms with Crippen LogP contribution in [-0.4, -0.2) is 49.7 Å². The van der Waals surface area contributed by atoms with E-state index in [0.717, 1.165) is 25.1 Å². The number of benzene rings is 1. The number of amides is 1. The normalized spacial score (nSPS) is 19.5. The van der Waals surface area contributed by atoms with Gasteiger partial charge in [-0.25, -0.2) is 8.42 Å². The second-order valence-corrected chi connectivity index (χ2v) is 9.66. The van der Waals surface area contributed by atoms with Crippen LogP contribution in [0.1, 0.15) is 44.6 Å². The summed E-state index contributed by atoms with van der Waals surface area (Å²) in [4.78, 5) is 15.2. The van der Waals surface area contributed by atoms with Crippen LogP contribution in [0.3, 0.4) is 0 Å². The van der Waals surface area contributed by atoms with E-state index in [1.165, 1.54) is 17.1 Å². The Balaban J connectivity index is 1.60. The first-order valence-electron chi connectivity index (χ1n) is 9.77. The van der Waals surface area contributed by atoms with E-state index in [2.05, 4.69) is 6.92 Å². The van der Waals surface area contributed by atoms with Crippen LogP contribution in [0.25, 0.3) is 0 Å². The topological polar surface area (TPSA) is 57.7 Å². The molecule has 2 aliphatic rings. The fourth-order valence-electron chi connectivity index (χ4n) is 3.63. The minimum atomic E-state index is -3.46. The Hall–Kier alpha value is -1.40. The highest BCUT2D eigenvalue weighted by molar-refractivity contribution is 7.89. The van der Waals surface area contributed by atoms with Crippen LogP contribution >= 0.6 is 0 Å². The molecule has 1 heterocycles. The van der Waals surface area contributed by atoms with E-state index in [4.69, 9.17) is 0 Å². The van der Waals surface area contributed by atoms with Gasteiger partial charge in [0.1, 0.15) is 0 Å². The van der Waals surface area contributed by atoms with Crippen molar-refractivity contribution in [1.82, 2.24) is 9.21 Å². The maximum atomic E-state index is 12.9. The second kappa shape index (κ2) is 8.09.